The topological polar surface area (TPSA) is 89.8 Å². The van der Waals surface area contributed by atoms with Crippen molar-refractivity contribution in [3.05, 3.63) is 46.2 Å². The van der Waals surface area contributed by atoms with E-state index in [-0.39, 0.29) is 22.7 Å². The lowest BCUT2D eigenvalue weighted by molar-refractivity contribution is 0.390. The maximum atomic E-state index is 11.9. The summed E-state index contributed by atoms with van der Waals surface area (Å²) < 4.78 is 0. The first-order chi connectivity index (χ1) is 9.17. The number of nitrogens with zero attached hydrogens (tertiary/aromatic N) is 2. The fourth-order valence-electron chi connectivity index (χ4n) is 1.82. The standard InChI is InChI=1S/C14H13N3O2/c1-2-5-12(18)10(8-15)13-16-11-7-4-3-6-9(11)14(19)17-13/h3-4,6-7,18H,2,5H2,1H3,(H,16,17,19). The molecule has 96 valence electrons. The number of aromatic amines is 1. The molecule has 1 aromatic carbocycles. The van der Waals surface area contributed by atoms with Gasteiger partial charge >= 0.3 is 0 Å². The van der Waals surface area contributed by atoms with E-state index in [1.807, 2.05) is 13.0 Å². The fraction of sp³-hybridized carbons (Fsp3) is 0.214. The third-order valence-electron chi connectivity index (χ3n) is 2.74. The van der Waals surface area contributed by atoms with Crippen molar-refractivity contribution in [1.29, 1.82) is 5.26 Å². The number of hydrogen-bond donors (Lipinski definition) is 2. The van der Waals surface area contributed by atoms with Crippen molar-refractivity contribution in [3.63, 3.8) is 0 Å². The van der Waals surface area contributed by atoms with Crippen LogP contribution in [-0.4, -0.2) is 15.1 Å². The molecule has 0 bridgehead atoms. The molecule has 0 amide bonds. The smallest absolute Gasteiger partial charge is 0.259 e. The molecule has 0 saturated heterocycles. The average Bonchev–Trinajstić information content (AvgIpc) is 2.40. The van der Waals surface area contributed by atoms with E-state index in [1.54, 1.807) is 24.3 Å². The number of para-hydroxylation sites is 1. The number of rotatable bonds is 3. The highest BCUT2D eigenvalue weighted by molar-refractivity contribution is 5.81. The van der Waals surface area contributed by atoms with Gasteiger partial charge in [0.1, 0.15) is 17.4 Å². The second-order valence-corrected chi connectivity index (χ2v) is 4.12. The lowest BCUT2D eigenvalue weighted by atomic mass is 10.1. The zero-order chi connectivity index (χ0) is 13.8. The van der Waals surface area contributed by atoms with Gasteiger partial charge in [0.05, 0.1) is 10.9 Å². The van der Waals surface area contributed by atoms with Gasteiger partial charge in [-0.1, -0.05) is 19.1 Å². The van der Waals surface area contributed by atoms with E-state index in [1.165, 1.54) is 0 Å². The molecular weight excluding hydrogens is 242 g/mol. The van der Waals surface area contributed by atoms with Gasteiger partial charge < -0.3 is 10.1 Å². The zero-order valence-corrected chi connectivity index (χ0v) is 10.5. The third kappa shape index (κ3) is 2.47. The minimum absolute atomic E-state index is 0.0182. The van der Waals surface area contributed by atoms with Gasteiger partial charge in [0.2, 0.25) is 0 Å². The molecule has 5 heteroatoms. The molecule has 0 aliphatic carbocycles. The summed E-state index contributed by atoms with van der Waals surface area (Å²) in [7, 11) is 0. The molecule has 0 radical (unpaired) electrons. The van der Waals surface area contributed by atoms with Gasteiger partial charge in [-0.05, 0) is 18.6 Å². The van der Waals surface area contributed by atoms with Crippen LogP contribution < -0.4 is 5.56 Å². The Morgan fingerprint density at radius 1 is 1.47 bits per heavy atom. The van der Waals surface area contributed by atoms with Crippen molar-refractivity contribution in [2.45, 2.75) is 19.8 Å². The molecule has 5 nitrogen and oxygen atoms in total. The average molecular weight is 255 g/mol. The van der Waals surface area contributed by atoms with E-state index in [9.17, 15) is 9.90 Å². The highest BCUT2D eigenvalue weighted by Crippen LogP contribution is 2.17. The van der Waals surface area contributed by atoms with E-state index in [0.717, 1.165) is 0 Å². The summed E-state index contributed by atoms with van der Waals surface area (Å²) in [5, 5.41) is 19.4. The van der Waals surface area contributed by atoms with Crippen LogP contribution in [0.3, 0.4) is 0 Å². The molecule has 2 N–H and O–H groups in total. The van der Waals surface area contributed by atoms with E-state index in [2.05, 4.69) is 9.97 Å². The van der Waals surface area contributed by atoms with E-state index < -0.39 is 0 Å². The van der Waals surface area contributed by atoms with Crippen molar-refractivity contribution in [1.82, 2.24) is 9.97 Å². The number of nitrogens with one attached hydrogen (secondary N) is 1. The predicted molar refractivity (Wildman–Crippen MR) is 72.4 cm³/mol. The van der Waals surface area contributed by atoms with Crippen LogP contribution in [-0.2, 0) is 0 Å². The highest BCUT2D eigenvalue weighted by Gasteiger charge is 2.12. The first-order valence-corrected chi connectivity index (χ1v) is 5.99. The lowest BCUT2D eigenvalue weighted by Gasteiger charge is -2.04. The number of aliphatic hydroxyl groups is 1. The van der Waals surface area contributed by atoms with Gasteiger partial charge in [-0.3, -0.25) is 4.79 Å². The van der Waals surface area contributed by atoms with Crippen LogP contribution in [0.1, 0.15) is 25.6 Å². The number of hydrogen-bond acceptors (Lipinski definition) is 4. The lowest BCUT2D eigenvalue weighted by Crippen LogP contribution is -2.11. The minimum atomic E-state index is -0.322. The molecule has 0 atom stereocenters. The summed E-state index contributed by atoms with van der Waals surface area (Å²) in [5.41, 5.74) is 0.195. The normalized spacial score (nSPS) is 12.0. The molecule has 2 aromatic rings. The first kappa shape index (κ1) is 12.8. The zero-order valence-electron chi connectivity index (χ0n) is 10.5. The predicted octanol–water partition coefficient (Wildman–Crippen LogP) is 2.52. The number of allylic oxidation sites excluding steroid dienone is 2. The number of aromatic nitrogens is 2. The Hall–Kier alpha value is -2.61. The second-order valence-electron chi connectivity index (χ2n) is 4.12. The van der Waals surface area contributed by atoms with E-state index in [4.69, 9.17) is 5.26 Å². The Kier molecular flexibility index (Phi) is 3.62. The Balaban J connectivity index is 2.67. The third-order valence-corrected chi connectivity index (χ3v) is 2.74. The summed E-state index contributed by atoms with van der Waals surface area (Å²) in [6, 6.07) is 8.75. The molecular formula is C14H13N3O2. The molecule has 1 aromatic heterocycles. The van der Waals surface area contributed by atoms with Crippen LogP contribution in [0, 0.1) is 11.3 Å². The number of nitriles is 1. The molecule has 0 aliphatic rings. The van der Waals surface area contributed by atoms with Crippen LogP contribution in [0.25, 0.3) is 16.5 Å². The molecule has 0 unspecified atom stereocenters. The van der Waals surface area contributed by atoms with Crippen LogP contribution in [0.5, 0.6) is 0 Å². The SMILES string of the molecule is CCCC(O)=C(C#N)c1nc2ccccc2c(=O)[nH]1. The minimum Gasteiger partial charge on any atom is -0.511 e. The monoisotopic (exact) mass is 255 g/mol. The van der Waals surface area contributed by atoms with E-state index in [0.29, 0.717) is 23.7 Å². The van der Waals surface area contributed by atoms with E-state index >= 15 is 0 Å². The quantitative estimate of drug-likeness (QED) is 0.651. The molecule has 2 rings (SSSR count). The van der Waals surface area contributed by atoms with Gasteiger partial charge in [-0.2, -0.15) is 5.26 Å². The van der Waals surface area contributed by atoms with Crippen molar-refractivity contribution in [2.24, 2.45) is 0 Å². The number of aliphatic hydroxyl groups excluding tert-OH is 1. The van der Waals surface area contributed by atoms with Gasteiger partial charge in [0.15, 0.2) is 5.82 Å². The Morgan fingerprint density at radius 3 is 2.89 bits per heavy atom. The number of H-pyrrole nitrogens is 1. The van der Waals surface area contributed by atoms with Gasteiger partial charge in [0.25, 0.3) is 5.56 Å². The van der Waals surface area contributed by atoms with Gasteiger partial charge in [0, 0.05) is 6.42 Å². The molecule has 0 saturated carbocycles. The molecule has 19 heavy (non-hydrogen) atoms. The maximum absolute atomic E-state index is 11.9. The van der Waals surface area contributed by atoms with Crippen molar-refractivity contribution in [2.75, 3.05) is 0 Å². The summed E-state index contributed by atoms with van der Waals surface area (Å²) >= 11 is 0. The number of benzene rings is 1. The van der Waals surface area contributed by atoms with Crippen molar-refractivity contribution < 1.29 is 5.11 Å². The Bertz CT molecular complexity index is 738. The van der Waals surface area contributed by atoms with Crippen molar-refractivity contribution in [3.8, 4) is 6.07 Å². The van der Waals surface area contributed by atoms with Crippen molar-refractivity contribution >= 4 is 16.5 Å². The van der Waals surface area contributed by atoms with Crippen LogP contribution in [0.4, 0.5) is 0 Å². The molecule has 0 aliphatic heterocycles. The van der Waals surface area contributed by atoms with Gasteiger partial charge in [-0.25, -0.2) is 4.98 Å². The first-order valence-electron chi connectivity index (χ1n) is 5.99. The summed E-state index contributed by atoms with van der Waals surface area (Å²) in [4.78, 5) is 18.6. The molecule has 0 spiro atoms. The maximum Gasteiger partial charge on any atom is 0.259 e. The fourth-order valence-corrected chi connectivity index (χ4v) is 1.82. The molecule has 0 fully saturated rings. The Morgan fingerprint density at radius 2 is 2.21 bits per heavy atom. The van der Waals surface area contributed by atoms with Crippen LogP contribution >= 0.6 is 0 Å². The largest absolute Gasteiger partial charge is 0.511 e. The number of fused-ring (bicyclic) bond motifs is 1. The second kappa shape index (κ2) is 5.36. The van der Waals surface area contributed by atoms with Crippen LogP contribution in [0.15, 0.2) is 34.8 Å². The summed E-state index contributed by atoms with van der Waals surface area (Å²) in [6.45, 7) is 1.89. The summed E-state index contributed by atoms with van der Waals surface area (Å²) in [5.74, 6) is 0.0561. The highest BCUT2D eigenvalue weighted by atomic mass is 16.3. The Labute approximate surface area is 109 Å². The van der Waals surface area contributed by atoms with Crippen LogP contribution in [0.2, 0.25) is 0 Å². The van der Waals surface area contributed by atoms with Gasteiger partial charge in [-0.15, -0.1) is 0 Å². The molecule has 1 heterocycles. The summed E-state index contributed by atoms with van der Waals surface area (Å²) in [6.07, 6.45) is 1.08.